The SMILES string of the molecule is O=C(CCN1C(=O)[C@H]2[C@@H]3C[C@@H]([C@@H](Br)[C@H]3Br)[C@@H]2C1=O)OCC(=O)c1ccc(Br)cc1. The van der Waals surface area contributed by atoms with E-state index in [1.807, 2.05) is 0 Å². The van der Waals surface area contributed by atoms with Gasteiger partial charge in [0.1, 0.15) is 0 Å². The summed E-state index contributed by atoms with van der Waals surface area (Å²) in [6.07, 6.45) is 0.752. The molecule has 0 spiro atoms. The van der Waals surface area contributed by atoms with Gasteiger partial charge < -0.3 is 4.74 Å². The number of Topliss-reactive ketones (excluding diaryl/α,β-unsaturated/α-hetero) is 1. The molecule has 6 atom stereocenters. The van der Waals surface area contributed by atoms with E-state index in [0.717, 1.165) is 10.9 Å². The Morgan fingerprint density at radius 1 is 1.00 bits per heavy atom. The van der Waals surface area contributed by atoms with Crippen molar-refractivity contribution in [3.05, 3.63) is 34.3 Å². The second-order valence-electron chi connectivity index (χ2n) is 7.67. The smallest absolute Gasteiger partial charge is 0.308 e. The van der Waals surface area contributed by atoms with Crippen LogP contribution < -0.4 is 0 Å². The molecule has 0 N–H and O–H groups in total. The van der Waals surface area contributed by atoms with Crippen LogP contribution in [0.1, 0.15) is 23.2 Å². The zero-order valence-electron chi connectivity index (χ0n) is 15.2. The molecule has 2 aliphatic carbocycles. The lowest BCUT2D eigenvalue weighted by atomic mass is 9.81. The molecule has 2 saturated carbocycles. The Kier molecular flexibility index (Phi) is 6.01. The van der Waals surface area contributed by atoms with Gasteiger partial charge in [0.2, 0.25) is 11.8 Å². The molecule has 4 rings (SSSR count). The van der Waals surface area contributed by atoms with Crippen LogP contribution in [-0.2, 0) is 19.1 Å². The fourth-order valence-corrected chi connectivity index (χ4v) is 6.91. The number of alkyl halides is 2. The van der Waals surface area contributed by atoms with Crippen molar-refractivity contribution in [2.45, 2.75) is 22.5 Å². The molecule has 29 heavy (non-hydrogen) atoms. The number of ether oxygens (including phenoxy) is 1. The number of imide groups is 1. The van der Waals surface area contributed by atoms with Gasteiger partial charge in [0.05, 0.1) is 18.3 Å². The summed E-state index contributed by atoms with van der Waals surface area (Å²) in [7, 11) is 0. The van der Waals surface area contributed by atoms with Gasteiger partial charge in [-0.05, 0) is 30.4 Å². The van der Waals surface area contributed by atoms with Crippen LogP contribution in [0.3, 0.4) is 0 Å². The number of rotatable bonds is 6. The van der Waals surface area contributed by atoms with Crippen molar-refractivity contribution in [2.75, 3.05) is 13.2 Å². The van der Waals surface area contributed by atoms with Crippen LogP contribution >= 0.6 is 47.8 Å². The third-order valence-corrected chi connectivity index (χ3v) is 9.88. The number of esters is 1. The van der Waals surface area contributed by atoms with Gasteiger partial charge in [0, 0.05) is 26.2 Å². The van der Waals surface area contributed by atoms with Gasteiger partial charge in [-0.2, -0.15) is 0 Å². The van der Waals surface area contributed by atoms with Crippen molar-refractivity contribution >= 4 is 71.4 Å². The predicted molar refractivity (Wildman–Crippen MR) is 115 cm³/mol. The Hall–Kier alpha value is -1.06. The average molecular weight is 592 g/mol. The van der Waals surface area contributed by atoms with Crippen LogP contribution in [0.2, 0.25) is 0 Å². The van der Waals surface area contributed by atoms with E-state index < -0.39 is 5.97 Å². The number of benzene rings is 1. The van der Waals surface area contributed by atoms with Crippen molar-refractivity contribution in [3.63, 3.8) is 0 Å². The molecule has 1 aliphatic heterocycles. The van der Waals surface area contributed by atoms with Gasteiger partial charge in [0.15, 0.2) is 12.4 Å². The van der Waals surface area contributed by atoms with E-state index >= 15 is 0 Å². The van der Waals surface area contributed by atoms with Crippen molar-refractivity contribution in [2.24, 2.45) is 23.7 Å². The number of ketones is 1. The van der Waals surface area contributed by atoms with Crippen molar-refractivity contribution in [3.8, 4) is 0 Å². The number of carbonyl (C=O) groups is 4. The lowest BCUT2D eigenvalue weighted by Crippen LogP contribution is -2.37. The van der Waals surface area contributed by atoms with Gasteiger partial charge in [0.25, 0.3) is 0 Å². The molecule has 1 heterocycles. The molecule has 0 unspecified atom stereocenters. The Morgan fingerprint density at radius 2 is 1.55 bits per heavy atom. The summed E-state index contributed by atoms with van der Waals surface area (Å²) < 4.78 is 5.89. The molecule has 2 amide bonds. The van der Waals surface area contributed by atoms with E-state index in [2.05, 4.69) is 47.8 Å². The minimum absolute atomic E-state index is 0.00464. The van der Waals surface area contributed by atoms with E-state index in [1.54, 1.807) is 24.3 Å². The maximum Gasteiger partial charge on any atom is 0.308 e. The Balaban J connectivity index is 1.30. The van der Waals surface area contributed by atoms with Crippen LogP contribution in [0.5, 0.6) is 0 Å². The molecule has 0 radical (unpaired) electrons. The quantitative estimate of drug-likeness (QED) is 0.219. The fraction of sp³-hybridized carbons (Fsp3) is 0.500. The number of halogens is 3. The van der Waals surface area contributed by atoms with Crippen LogP contribution in [0.25, 0.3) is 0 Å². The molecular formula is C20H18Br3NO5. The first kappa shape index (κ1) is 21.2. The van der Waals surface area contributed by atoms with Crippen molar-refractivity contribution in [1.82, 2.24) is 4.90 Å². The Labute approximate surface area is 193 Å². The standard InChI is InChI=1S/C20H18Br3NO5/c21-10-3-1-9(2-4-10)13(25)8-29-14(26)5-6-24-19(27)15-11-7-12(16(15)20(24)28)18(23)17(11)22/h1-4,11-12,15-18H,5-8H2/t11-,12+,15-,16-,17-,18+/m0/s1. The summed E-state index contributed by atoms with van der Waals surface area (Å²) in [5.41, 5.74) is 0.447. The Bertz CT molecular complexity index is 841. The predicted octanol–water partition coefficient (Wildman–Crippen LogP) is 3.34. The molecule has 3 fully saturated rings. The lowest BCUT2D eigenvalue weighted by molar-refractivity contribution is -0.145. The van der Waals surface area contributed by atoms with E-state index in [0.29, 0.717) is 5.56 Å². The minimum atomic E-state index is -0.604. The monoisotopic (exact) mass is 589 g/mol. The molecule has 2 bridgehead atoms. The summed E-state index contributed by atoms with van der Waals surface area (Å²) in [6, 6.07) is 6.75. The average Bonchev–Trinajstić information content (AvgIpc) is 3.30. The van der Waals surface area contributed by atoms with Crippen LogP contribution in [0.15, 0.2) is 28.7 Å². The molecule has 9 heteroatoms. The van der Waals surface area contributed by atoms with Crippen molar-refractivity contribution < 1.29 is 23.9 Å². The maximum atomic E-state index is 12.8. The number of hydrogen-bond acceptors (Lipinski definition) is 5. The van der Waals surface area contributed by atoms with E-state index in [4.69, 9.17) is 4.74 Å². The molecule has 6 nitrogen and oxygen atoms in total. The van der Waals surface area contributed by atoms with Gasteiger partial charge in [-0.3, -0.25) is 24.1 Å². The topological polar surface area (TPSA) is 80.8 Å². The second-order valence-corrected chi connectivity index (χ2v) is 10.7. The molecule has 1 aromatic rings. The lowest BCUT2D eigenvalue weighted by Gasteiger charge is -2.28. The molecular weight excluding hydrogens is 574 g/mol. The number of likely N-dealkylation sites (tertiary alicyclic amines) is 1. The third-order valence-electron chi connectivity index (χ3n) is 6.15. The summed E-state index contributed by atoms with van der Waals surface area (Å²) in [6.45, 7) is -0.371. The van der Waals surface area contributed by atoms with Crippen LogP contribution in [0, 0.1) is 23.7 Å². The normalized spacial score (nSPS) is 32.6. The van der Waals surface area contributed by atoms with E-state index in [1.165, 1.54) is 4.90 Å². The van der Waals surface area contributed by atoms with Crippen molar-refractivity contribution in [1.29, 1.82) is 0 Å². The second kappa shape index (κ2) is 8.23. The molecule has 1 saturated heterocycles. The van der Waals surface area contributed by atoms with Crippen LogP contribution in [-0.4, -0.2) is 51.3 Å². The number of carbonyl (C=O) groups excluding carboxylic acids is 4. The molecule has 0 aromatic heterocycles. The zero-order chi connectivity index (χ0) is 20.9. The maximum absolute atomic E-state index is 12.8. The summed E-state index contributed by atoms with van der Waals surface area (Å²) in [5.74, 6) is -1.58. The zero-order valence-corrected chi connectivity index (χ0v) is 20.0. The number of amides is 2. The first-order valence-corrected chi connectivity index (χ1v) is 12.0. The van der Waals surface area contributed by atoms with Gasteiger partial charge >= 0.3 is 5.97 Å². The van der Waals surface area contributed by atoms with Gasteiger partial charge in [-0.1, -0.05) is 59.9 Å². The molecule has 154 valence electrons. The van der Waals surface area contributed by atoms with Gasteiger partial charge in [-0.15, -0.1) is 0 Å². The van der Waals surface area contributed by atoms with E-state index in [9.17, 15) is 19.2 Å². The largest absolute Gasteiger partial charge is 0.457 e. The first-order valence-electron chi connectivity index (χ1n) is 9.37. The highest BCUT2D eigenvalue weighted by Gasteiger charge is 2.66. The fourth-order valence-electron chi connectivity index (χ4n) is 4.77. The van der Waals surface area contributed by atoms with E-state index in [-0.39, 0.29) is 70.5 Å². The first-order chi connectivity index (χ1) is 13.8. The highest BCUT2D eigenvalue weighted by atomic mass is 79.9. The van der Waals surface area contributed by atoms with Crippen LogP contribution in [0.4, 0.5) is 0 Å². The number of nitrogens with zero attached hydrogens (tertiary/aromatic N) is 1. The summed E-state index contributed by atoms with van der Waals surface area (Å²) in [4.78, 5) is 51.3. The van der Waals surface area contributed by atoms with Gasteiger partial charge in [-0.25, -0.2) is 0 Å². The summed E-state index contributed by atoms with van der Waals surface area (Å²) >= 11 is 10.6. The minimum Gasteiger partial charge on any atom is -0.457 e. The molecule has 1 aromatic carbocycles. The Morgan fingerprint density at radius 3 is 2.10 bits per heavy atom. The number of fused-ring (bicyclic) bond motifs is 5. The summed E-state index contributed by atoms with van der Waals surface area (Å²) in [5, 5.41) is 0. The highest BCUT2D eigenvalue weighted by Crippen LogP contribution is 2.60. The number of hydrogen-bond donors (Lipinski definition) is 0. The third kappa shape index (κ3) is 3.74. The highest BCUT2D eigenvalue weighted by molar-refractivity contribution is 9.12. The molecule has 3 aliphatic rings.